The van der Waals surface area contributed by atoms with Crippen LogP contribution in [0.15, 0.2) is 21.7 Å². The minimum Gasteiger partial charge on any atom is -0.355 e. The summed E-state index contributed by atoms with van der Waals surface area (Å²) in [6.07, 6.45) is 1.48. The number of carbonyl (C=O) groups excluding carboxylic acids is 1. The predicted octanol–water partition coefficient (Wildman–Crippen LogP) is 1.34. The van der Waals surface area contributed by atoms with Crippen molar-refractivity contribution in [1.29, 1.82) is 0 Å². The summed E-state index contributed by atoms with van der Waals surface area (Å²) in [6.45, 7) is 1.36. The second-order valence-electron chi connectivity index (χ2n) is 2.09. The molecule has 0 radical (unpaired) electrons. The van der Waals surface area contributed by atoms with Crippen LogP contribution in [0, 0.1) is 0 Å². The molecule has 0 saturated heterocycles. The first-order valence-electron chi connectivity index (χ1n) is 3.01. The highest BCUT2D eigenvalue weighted by atomic mass is 79.9. The van der Waals surface area contributed by atoms with Gasteiger partial charge in [0.1, 0.15) is 0 Å². The second kappa shape index (κ2) is 3.00. The Labute approximate surface area is 71.6 Å². The van der Waals surface area contributed by atoms with E-state index in [1.807, 2.05) is 0 Å². The van der Waals surface area contributed by atoms with Crippen LogP contribution >= 0.6 is 15.9 Å². The number of aromatic amines is 1. The molecule has 1 rings (SSSR count). The number of Topliss-reactive ketones (excluding diaryl/α,β-unsaturated/α-hetero) is 1. The van der Waals surface area contributed by atoms with Crippen LogP contribution in [0.4, 0.5) is 0 Å². The number of ketones is 1. The number of pyridine rings is 1. The van der Waals surface area contributed by atoms with Crippen LogP contribution in [0.3, 0.4) is 0 Å². The first-order chi connectivity index (χ1) is 5.13. The van der Waals surface area contributed by atoms with Crippen molar-refractivity contribution in [2.75, 3.05) is 0 Å². The van der Waals surface area contributed by atoms with Gasteiger partial charge in [0.25, 0.3) is 0 Å². The standard InChI is InChI=1S/C7H6BrNO2/c1-4(10)6-5(11)2-3-9-7(6)8/h2-3H,1H3,(H,9,11). The van der Waals surface area contributed by atoms with E-state index in [1.165, 1.54) is 19.2 Å². The molecule has 11 heavy (non-hydrogen) atoms. The molecule has 58 valence electrons. The zero-order valence-electron chi connectivity index (χ0n) is 5.85. The molecule has 1 heterocycles. The van der Waals surface area contributed by atoms with Gasteiger partial charge in [0.15, 0.2) is 11.2 Å². The van der Waals surface area contributed by atoms with Gasteiger partial charge in [-0.15, -0.1) is 0 Å². The van der Waals surface area contributed by atoms with Crippen LogP contribution in [-0.4, -0.2) is 10.8 Å². The van der Waals surface area contributed by atoms with Crippen LogP contribution in [0.25, 0.3) is 0 Å². The summed E-state index contributed by atoms with van der Waals surface area (Å²) in [5, 5.41) is 0. The lowest BCUT2D eigenvalue weighted by atomic mass is 10.2. The van der Waals surface area contributed by atoms with Gasteiger partial charge < -0.3 is 4.98 Å². The number of hydrogen-bond acceptors (Lipinski definition) is 2. The molecule has 0 aliphatic rings. The van der Waals surface area contributed by atoms with E-state index in [0.717, 1.165) is 0 Å². The first-order valence-corrected chi connectivity index (χ1v) is 3.80. The quantitative estimate of drug-likeness (QED) is 0.568. The Hall–Kier alpha value is -0.900. The zero-order valence-corrected chi connectivity index (χ0v) is 7.44. The topological polar surface area (TPSA) is 49.9 Å². The maximum absolute atomic E-state index is 11.0. The Morgan fingerprint density at radius 2 is 2.27 bits per heavy atom. The summed E-state index contributed by atoms with van der Waals surface area (Å²) in [5.74, 6) is -0.237. The normalized spacial score (nSPS) is 9.64. The Kier molecular flexibility index (Phi) is 2.24. The van der Waals surface area contributed by atoms with Gasteiger partial charge in [0.05, 0.1) is 10.2 Å². The number of halogens is 1. The van der Waals surface area contributed by atoms with E-state index in [-0.39, 0.29) is 16.8 Å². The van der Waals surface area contributed by atoms with Crippen LogP contribution in [-0.2, 0) is 0 Å². The summed E-state index contributed by atoms with van der Waals surface area (Å²) < 4.78 is 0.442. The smallest absolute Gasteiger partial charge is 0.193 e. The van der Waals surface area contributed by atoms with Crippen molar-refractivity contribution in [3.05, 3.63) is 32.7 Å². The lowest BCUT2D eigenvalue weighted by molar-refractivity contribution is 0.101. The molecule has 1 N–H and O–H groups in total. The molecule has 0 fully saturated rings. The summed E-state index contributed by atoms with van der Waals surface area (Å²) in [4.78, 5) is 24.6. The average Bonchev–Trinajstić information content (AvgIpc) is 1.85. The molecule has 4 heteroatoms. The third kappa shape index (κ3) is 1.57. The molecule has 0 unspecified atom stereocenters. The third-order valence-electron chi connectivity index (χ3n) is 1.26. The van der Waals surface area contributed by atoms with Crippen LogP contribution in [0.5, 0.6) is 0 Å². The van der Waals surface area contributed by atoms with Gasteiger partial charge in [-0.2, -0.15) is 0 Å². The number of carbonyl (C=O) groups is 1. The molecule has 1 aromatic heterocycles. The minimum atomic E-state index is -0.261. The molecule has 0 aromatic carbocycles. The highest BCUT2D eigenvalue weighted by Crippen LogP contribution is 2.08. The van der Waals surface area contributed by atoms with E-state index in [0.29, 0.717) is 4.60 Å². The fourth-order valence-electron chi connectivity index (χ4n) is 0.782. The van der Waals surface area contributed by atoms with Gasteiger partial charge in [-0.1, -0.05) is 0 Å². The number of nitrogens with one attached hydrogen (secondary N) is 1. The molecular weight excluding hydrogens is 210 g/mol. The molecule has 3 nitrogen and oxygen atoms in total. The predicted molar refractivity (Wildman–Crippen MR) is 44.8 cm³/mol. The van der Waals surface area contributed by atoms with Crippen molar-refractivity contribution in [2.24, 2.45) is 0 Å². The minimum absolute atomic E-state index is 0.174. The van der Waals surface area contributed by atoms with E-state index in [2.05, 4.69) is 20.9 Å². The molecule has 0 bridgehead atoms. The fraction of sp³-hybridized carbons (Fsp3) is 0.143. The maximum atomic E-state index is 11.0. The molecular formula is C7H6BrNO2. The van der Waals surface area contributed by atoms with Crippen molar-refractivity contribution in [3.8, 4) is 0 Å². The van der Waals surface area contributed by atoms with E-state index in [1.54, 1.807) is 0 Å². The van der Waals surface area contributed by atoms with Crippen LogP contribution in [0.2, 0.25) is 0 Å². The number of hydrogen-bond donors (Lipinski definition) is 1. The Morgan fingerprint density at radius 1 is 1.64 bits per heavy atom. The van der Waals surface area contributed by atoms with Crippen molar-refractivity contribution < 1.29 is 4.79 Å². The van der Waals surface area contributed by atoms with Gasteiger partial charge in [-0.25, -0.2) is 0 Å². The number of rotatable bonds is 1. The molecule has 0 atom stereocenters. The lowest BCUT2D eigenvalue weighted by Gasteiger charge is -1.95. The number of H-pyrrole nitrogens is 1. The lowest BCUT2D eigenvalue weighted by Crippen LogP contribution is -2.12. The molecule has 0 saturated carbocycles. The van der Waals surface area contributed by atoms with Crippen molar-refractivity contribution in [3.63, 3.8) is 0 Å². The van der Waals surface area contributed by atoms with Crippen molar-refractivity contribution in [2.45, 2.75) is 6.92 Å². The SMILES string of the molecule is CC(=O)c1c(Br)[nH]ccc1=O. The Balaban J connectivity index is 3.45. The fourth-order valence-corrected chi connectivity index (χ4v) is 1.39. The van der Waals surface area contributed by atoms with Crippen LogP contribution in [0.1, 0.15) is 17.3 Å². The maximum Gasteiger partial charge on any atom is 0.193 e. The van der Waals surface area contributed by atoms with E-state index < -0.39 is 0 Å². The van der Waals surface area contributed by atoms with Crippen molar-refractivity contribution in [1.82, 2.24) is 4.98 Å². The summed E-state index contributed by atoms with van der Waals surface area (Å²) in [6, 6.07) is 1.32. The summed E-state index contributed by atoms with van der Waals surface area (Å²) >= 11 is 3.07. The summed E-state index contributed by atoms with van der Waals surface area (Å²) in [7, 11) is 0. The second-order valence-corrected chi connectivity index (χ2v) is 2.88. The number of aromatic nitrogens is 1. The molecule has 0 aliphatic heterocycles. The van der Waals surface area contributed by atoms with Crippen molar-refractivity contribution >= 4 is 21.7 Å². The third-order valence-corrected chi connectivity index (χ3v) is 1.89. The van der Waals surface area contributed by atoms with E-state index in [4.69, 9.17) is 0 Å². The van der Waals surface area contributed by atoms with E-state index in [9.17, 15) is 9.59 Å². The van der Waals surface area contributed by atoms with Gasteiger partial charge >= 0.3 is 0 Å². The van der Waals surface area contributed by atoms with Crippen LogP contribution < -0.4 is 5.43 Å². The van der Waals surface area contributed by atoms with Gasteiger partial charge in [-0.05, 0) is 22.9 Å². The molecule has 0 amide bonds. The average molecular weight is 216 g/mol. The Morgan fingerprint density at radius 3 is 2.64 bits per heavy atom. The summed E-state index contributed by atoms with van der Waals surface area (Å²) in [5.41, 5.74) is -0.0874. The molecule has 1 aromatic rings. The highest BCUT2D eigenvalue weighted by molar-refractivity contribution is 9.10. The monoisotopic (exact) mass is 215 g/mol. The van der Waals surface area contributed by atoms with Gasteiger partial charge in [-0.3, -0.25) is 9.59 Å². The van der Waals surface area contributed by atoms with Gasteiger partial charge in [0, 0.05) is 12.3 Å². The molecule has 0 aliphatic carbocycles. The Bertz CT molecular complexity index is 343. The van der Waals surface area contributed by atoms with Gasteiger partial charge in [0.2, 0.25) is 0 Å². The zero-order chi connectivity index (χ0) is 8.43. The largest absolute Gasteiger partial charge is 0.355 e. The molecule has 0 spiro atoms. The highest BCUT2D eigenvalue weighted by Gasteiger charge is 2.08. The van der Waals surface area contributed by atoms with E-state index >= 15 is 0 Å². The first kappa shape index (κ1) is 8.20.